The average molecular weight is 430 g/mol. The highest BCUT2D eigenvalue weighted by Crippen LogP contribution is 2.14. The lowest BCUT2D eigenvalue weighted by Crippen LogP contribution is -2.36. The summed E-state index contributed by atoms with van der Waals surface area (Å²) < 4.78 is 12.9. The summed E-state index contributed by atoms with van der Waals surface area (Å²) in [6.07, 6.45) is 0.952. The van der Waals surface area contributed by atoms with Crippen molar-refractivity contribution < 1.29 is 14.0 Å². The van der Waals surface area contributed by atoms with Crippen molar-refractivity contribution in [1.82, 2.24) is 9.80 Å². The molecule has 0 atom stereocenters. The van der Waals surface area contributed by atoms with Gasteiger partial charge in [0.05, 0.1) is 11.5 Å². The fourth-order valence-electron chi connectivity index (χ4n) is 3.46. The predicted octanol–water partition coefficient (Wildman–Crippen LogP) is 3.54. The molecule has 0 unspecified atom stereocenters. The Kier molecular flexibility index (Phi) is 8.28. The summed E-state index contributed by atoms with van der Waals surface area (Å²) in [7, 11) is 0. The topological polar surface area (TPSA) is 52.7 Å². The van der Waals surface area contributed by atoms with Crippen LogP contribution in [0.3, 0.4) is 0 Å². The molecular weight excluding hydrogens is 401 g/mol. The Bertz CT molecular complexity index is 860. The summed E-state index contributed by atoms with van der Waals surface area (Å²) in [4.78, 5) is 28.9. The van der Waals surface area contributed by atoms with Gasteiger partial charge in [0.15, 0.2) is 0 Å². The minimum absolute atomic E-state index is 0.0762. The number of anilines is 1. The van der Waals surface area contributed by atoms with E-state index in [1.807, 2.05) is 4.90 Å². The van der Waals surface area contributed by atoms with E-state index >= 15 is 0 Å². The molecule has 0 spiro atoms. The summed E-state index contributed by atoms with van der Waals surface area (Å²) in [6, 6.07) is 14.1. The highest BCUT2D eigenvalue weighted by atomic mass is 32.2. The van der Waals surface area contributed by atoms with Gasteiger partial charge in [0, 0.05) is 38.4 Å². The maximum atomic E-state index is 12.9. The van der Waals surface area contributed by atoms with Crippen molar-refractivity contribution in [3.05, 3.63) is 65.5 Å². The third-order valence-corrected chi connectivity index (χ3v) is 6.10. The summed E-state index contributed by atoms with van der Waals surface area (Å²) in [6.45, 7) is 6.35. The number of hydrogen-bond acceptors (Lipinski definition) is 4. The minimum atomic E-state index is -0.345. The molecule has 1 fully saturated rings. The first-order valence-corrected chi connectivity index (χ1v) is 11.3. The van der Waals surface area contributed by atoms with Crippen molar-refractivity contribution in [2.75, 3.05) is 43.0 Å². The molecule has 2 aromatic rings. The SMILES string of the molecule is Cc1ccccc1CN1CCCN(C(=O)CSCC(=O)Nc2ccc(F)cc2)CC1. The molecule has 0 saturated carbocycles. The Morgan fingerprint density at radius 2 is 1.77 bits per heavy atom. The predicted molar refractivity (Wildman–Crippen MR) is 120 cm³/mol. The number of halogens is 1. The summed E-state index contributed by atoms with van der Waals surface area (Å²) >= 11 is 1.31. The molecule has 160 valence electrons. The second-order valence-electron chi connectivity index (χ2n) is 7.48. The number of nitrogens with zero attached hydrogens (tertiary/aromatic N) is 2. The molecule has 0 bridgehead atoms. The van der Waals surface area contributed by atoms with E-state index in [2.05, 4.69) is 41.4 Å². The number of rotatable bonds is 7. The average Bonchev–Trinajstić information content (AvgIpc) is 2.97. The maximum absolute atomic E-state index is 12.9. The highest BCUT2D eigenvalue weighted by molar-refractivity contribution is 8.00. The van der Waals surface area contributed by atoms with E-state index in [9.17, 15) is 14.0 Å². The molecule has 2 aromatic carbocycles. The van der Waals surface area contributed by atoms with Crippen LogP contribution < -0.4 is 5.32 Å². The fourth-order valence-corrected chi connectivity index (χ4v) is 4.18. The molecule has 3 rings (SSSR count). The van der Waals surface area contributed by atoms with Crippen LogP contribution in [0.1, 0.15) is 17.5 Å². The van der Waals surface area contributed by atoms with Gasteiger partial charge in [0.1, 0.15) is 5.82 Å². The number of carbonyl (C=O) groups is 2. The van der Waals surface area contributed by atoms with Crippen LogP contribution >= 0.6 is 11.8 Å². The van der Waals surface area contributed by atoms with E-state index in [1.165, 1.54) is 47.2 Å². The van der Waals surface area contributed by atoms with Crippen molar-refractivity contribution >= 4 is 29.3 Å². The Labute approximate surface area is 181 Å². The number of carbonyl (C=O) groups excluding carboxylic acids is 2. The third-order valence-electron chi connectivity index (χ3n) is 5.18. The van der Waals surface area contributed by atoms with Crippen LogP contribution in [0.2, 0.25) is 0 Å². The number of amides is 2. The Morgan fingerprint density at radius 1 is 1.00 bits per heavy atom. The quantitative estimate of drug-likeness (QED) is 0.732. The lowest BCUT2D eigenvalue weighted by Gasteiger charge is -2.22. The number of benzene rings is 2. The Morgan fingerprint density at radius 3 is 2.53 bits per heavy atom. The first-order valence-electron chi connectivity index (χ1n) is 10.2. The van der Waals surface area contributed by atoms with E-state index in [0.29, 0.717) is 12.2 Å². The van der Waals surface area contributed by atoms with Gasteiger partial charge >= 0.3 is 0 Å². The van der Waals surface area contributed by atoms with E-state index < -0.39 is 0 Å². The van der Waals surface area contributed by atoms with Crippen LogP contribution in [0.15, 0.2) is 48.5 Å². The van der Waals surface area contributed by atoms with Crippen molar-refractivity contribution in [2.24, 2.45) is 0 Å². The van der Waals surface area contributed by atoms with Gasteiger partial charge in [-0.3, -0.25) is 14.5 Å². The van der Waals surface area contributed by atoms with Gasteiger partial charge in [-0.25, -0.2) is 4.39 Å². The van der Waals surface area contributed by atoms with Crippen LogP contribution in [0.5, 0.6) is 0 Å². The zero-order valence-corrected chi connectivity index (χ0v) is 18.1. The second kappa shape index (κ2) is 11.1. The molecule has 2 amide bonds. The third kappa shape index (κ3) is 6.85. The number of aryl methyl sites for hydroxylation is 1. The van der Waals surface area contributed by atoms with Gasteiger partial charge in [0.25, 0.3) is 0 Å². The van der Waals surface area contributed by atoms with Crippen molar-refractivity contribution in [1.29, 1.82) is 0 Å². The van der Waals surface area contributed by atoms with Gasteiger partial charge in [0.2, 0.25) is 11.8 Å². The molecule has 1 aliphatic heterocycles. The van der Waals surface area contributed by atoms with Gasteiger partial charge < -0.3 is 10.2 Å². The van der Waals surface area contributed by atoms with Crippen LogP contribution in [0, 0.1) is 12.7 Å². The van der Waals surface area contributed by atoms with Gasteiger partial charge in [-0.2, -0.15) is 0 Å². The molecule has 1 N–H and O–H groups in total. The summed E-state index contributed by atoms with van der Waals surface area (Å²) in [5, 5.41) is 2.71. The monoisotopic (exact) mass is 429 g/mol. The van der Waals surface area contributed by atoms with Gasteiger partial charge in [-0.05, 0) is 48.7 Å². The molecule has 0 aliphatic carbocycles. The van der Waals surface area contributed by atoms with Crippen molar-refractivity contribution in [2.45, 2.75) is 19.9 Å². The standard InChI is InChI=1S/C23H28FN3O2S/c1-18-5-2-3-6-19(18)15-26-11-4-12-27(14-13-26)23(29)17-30-16-22(28)25-21-9-7-20(24)8-10-21/h2-3,5-10H,4,11-17H2,1H3,(H,25,28). The molecule has 0 radical (unpaired) electrons. The smallest absolute Gasteiger partial charge is 0.234 e. The maximum Gasteiger partial charge on any atom is 0.234 e. The molecule has 7 heteroatoms. The second-order valence-corrected chi connectivity index (χ2v) is 8.47. The molecule has 5 nitrogen and oxygen atoms in total. The molecular formula is C23H28FN3O2S. The van der Waals surface area contributed by atoms with E-state index in [4.69, 9.17) is 0 Å². The Balaban J connectivity index is 1.38. The van der Waals surface area contributed by atoms with E-state index in [-0.39, 0.29) is 29.1 Å². The lowest BCUT2D eigenvalue weighted by molar-refractivity contribution is -0.128. The number of nitrogens with one attached hydrogen (secondary N) is 1. The Hall–Kier alpha value is -2.38. The van der Waals surface area contributed by atoms with Crippen LogP contribution in [0.4, 0.5) is 10.1 Å². The van der Waals surface area contributed by atoms with Crippen molar-refractivity contribution in [3.8, 4) is 0 Å². The summed E-state index contributed by atoms with van der Waals surface area (Å²) in [5.74, 6) is 0.0141. The van der Waals surface area contributed by atoms with E-state index in [0.717, 1.165) is 32.6 Å². The molecule has 1 saturated heterocycles. The van der Waals surface area contributed by atoms with E-state index in [1.54, 1.807) is 0 Å². The largest absolute Gasteiger partial charge is 0.341 e. The lowest BCUT2D eigenvalue weighted by atomic mass is 10.1. The van der Waals surface area contributed by atoms with Gasteiger partial charge in [-0.1, -0.05) is 24.3 Å². The fraction of sp³-hybridized carbons (Fsp3) is 0.391. The molecule has 30 heavy (non-hydrogen) atoms. The highest BCUT2D eigenvalue weighted by Gasteiger charge is 2.19. The van der Waals surface area contributed by atoms with Gasteiger partial charge in [-0.15, -0.1) is 11.8 Å². The molecule has 0 aromatic heterocycles. The van der Waals surface area contributed by atoms with Crippen LogP contribution in [-0.4, -0.2) is 59.3 Å². The number of thioether (sulfide) groups is 1. The van der Waals surface area contributed by atoms with Crippen LogP contribution in [-0.2, 0) is 16.1 Å². The zero-order valence-electron chi connectivity index (χ0n) is 17.3. The summed E-state index contributed by atoms with van der Waals surface area (Å²) in [5.41, 5.74) is 3.18. The molecule has 1 aliphatic rings. The van der Waals surface area contributed by atoms with Crippen molar-refractivity contribution in [3.63, 3.8) is 0 Å². The molecule has 1 heterocycles. The zero-order chi connectivity index (χ0) is 21.3. The number of hydrogen-bond donors (Lipinski definition) is 1. The normalized spacial score (nSPS) is 14.9. The van der Waals surface area contributed by atoms with Crippen LogP contribution in [0.25, 0.3) is 0 Å². The first kappa shape index (κ1) is 22.3. The first-order chi connectivity index (χ1) is 14.5. The minimum Gasteiger partial charge on any atom is -0.341 e.